The van der Waals surface area contributed by atoms with Crippen molar-refractivity contribution in [2.75, 3.05) is 32.8 Å². The quantitative estimate of drug-likeness (QED) is 0.584. The molecule has 0 unspecified atom stereocenters. The first-order valence-corrected chi connectivity index (χ1v) is 11.6. The maximum atomic E-state index is 12.7. The number of benzene rings is 1. The van der Waals surface area contributed by atoms with Crippen molar-refractivity contribution in [3.63, 3.8) is 0 Å². The standard InChI is InChI=1S/C21H24F3N3O5S/c1-15-12-18(16(2)27(15)14-21(22,23)24)20(29)32-13-19(28)25-8-10-26(11-9-25)33(30,31)17-6-4-3-5-7-17/h3-7,12H,8-11,13-14H2,1-2H3. The van der Waals surface area contributed by atoms with Crippen molar-refractivity contribution >= 4 is 21.9 Å². The van der Waals surface area contributed by atoms with Crippen LogP contribution in [0.2, 0.25) is 0 Å². The van der Waals surface area contributed by atoms with Crippen LogP contribution in [0.1, 0.15) is 21.7 Å². The van der Waals surface area contributed by atoms with Gasteiger partial charge in [0.15, 0.2) is 6.61 Å². The molecular formula is C21H24F3N3O5S. The van der Waals surface area contributed by atoms with Crippen molar-refractivity contribution in [3.05, 3.63) is 53.3 Å². The molecule has 0 aliphatic carbocycles. The van der Waals surface area contributed by atoms with Gasteiger partial charge in [0.1, 0.15) is 6.54 Å². The van der Waals surface area contributed by atoms with Crippen LogP contribution in [0.15, 0.2) is 41.3 Å². The molecule has 1 fully saturated rings. The van der Waals surface area contributed by atoms with Crippen molar-refractivity contribution in [1.29, 1.82) is 0 Å². The monoisotopic (exact) mass is 487 g/mol. The Labute approximate surface area is 189 Å². The van der Waals surface area contributed by atoms with E-state index in [4.69, 9.17) is 4.74 Å². The Morgan fingerprint density at radius 2 is 1.64 bits per heavy atom. The van der Waals surface area contributed by atoms with Crippen molar-refractivity contribution in [3.8, 4) is 0 Å². The zero-order valence-electron chi connectivity index (χ0n) is 18.1. The van der Waals surface area contributed by atoms with Crippen molar-refractivity contribution < 1.29 is 35.9 Å². The summed E-state index contributed by atoms with van der Waals surface area (Å²) in [5, 5.41) is 0. The van der Waals surface area contributed by atoms with E-state index in [0.29, 0.717) is 0 Å². The molecule has 0 radical (unpaired) electrons. The first kappa shape index (κ1) is 24.8. The molecule has 0 N–H and O–H groups in total. The second-order valence-corrected chi connectivity index (χ2v) is 9.60. The largest absolute Gasteiger partial charge is 0.452 e. The second-order valence-electron chi connectivity index (χ2n) is 7.66. The number of carbonyl (C=O) groups excluding carboxylic acids is 2. The van der Waals surface area contributed by atoms with Gasteiger partial charge in [0.2, 0.25) is 10.0 Å². The summed E-state index contributed by atoms with van der Waals surface area (Å²) >= 11 is 0. The normalized spacial score (nSPS) is 15.5. The van der Waals surface area contributed by atoms with Crippen molar-refractivity contribution in [2.24, 2.45) is 0 Å². The van der Waals surface area contributed by atoms with Crippen LogP contribution in [0, 0.1) is 13.8 Å². The summed E-state index contributed by atoms with van der Waals surface area (Å²) in [5.41, 5.74) is 0.309. The number of esters is 1. The van der Waals surface area contributed by atoms with Gasteiger partial charge in [0.05, 0.1) is 10.5 Å². The van der Waals surface area contributed by atoms with Gasteiger partial charge in [0, 0.05) is 37.6 Å². The highest BCUT2D eigenvalue weighted by atomic mass is 32.2. The lowest BCUT2D eigenvalue weighted by Crippen LogP contribution is -2.51. The number of hydrogen-bond acceptors (Lipinski definition) is 5. The minimum atomic E-state index is -4.44. The predicted molar refractivity (Wildman–Crippen MR) is 112 cm³/mol. The Balaban J connectivity index is 1.55. The zero-order chi connectivity index (χ0) is 24.4. The Kier molecular flexibility index (Phi) is 7.17. The summed E-state index contributed by atoms with van der Waals surface area (Å²) in [5.74, 6) is -1.40. The minimum absolute atomic E-state index is 0.0386. The molecule has 3 rings (SSSR count). The molecule has 2 aromatic rings. The first-order valence-electron chi connectivity index (χ1n) is 10.1. The number of sulfonamides is 1. The molecule has 2 heterocycles. The molecule has 1 aromatic heterocycles. The van der Waals surface area contributed by atoms with Crippen LogP contribution in [-0.2, 0) is 26.1 Å². The van der Waals surface area contributed by atoms with Crippen molar-refractivity contribution in [1.82, 2.24) is 13.8 Å². The number of aromatic nitrogens is 1. The van der Waals surface area contributed by atoms with Gasteiger partial charge in [-0.25, -0.2) is 13.2 Å². The zero-order valence-corrected chi connectivity index (χ0v) is 18.9. The summed E-state index contributed by atoms with van der Waals surface area (Å²) in [7, 11) is -3.66. The van der Waals surface area contributed by atoms with Gasteiger partial charge in [-0.15, -0.1) is 0 Å². The molecule has 0 atom stereocenters. The van der Waals surface area contributed by atoms with Gasteiger partial charge in [-0.2, -0.15) is 17.5 Å². The highest BCUT2D eigenvalue weighted by Gasteiger charge is 2.32. The smallest absolute Gasteiger partial charge is 0.406 e. The van der Waals surface area contributed by atoms with E-state index in [-0.39, 0.29) is 48.0 Å². The van der Waals surface area contributed by atoms with E-state index in [2.05, 4.69) is 0 Å². The lowest BCUT2D eigenvalue weighted by Gasteiger charge is -2.33. The predicted octanol–water partition coefficient (Wildman–Crippen LogP) is 2.36. The second kappa shape index (κ2) is 9.56. The van der Waals surface area contributed by atoms with Crippen LogP contribution >= 0.6 is 0 Å². The third-order valence-electron chi connectivity index (χ3n) is 5.43. The average Bonchev–Trinajstić information content (AvgIpc) is 3.05. The van der Waals surface area contributed by atoms with E-state index in [1.54, 1.807) is 18.2 Å². The van der Waals surface area contributed by atoms with Gasteiger partial charge in [-0.05, 0) is 32.0 Å². The fourth-order valence-electron chi connectivity index (χ4n) is 3.65. The van der Waals surface area contributed by atoms with E-state index in [0.717, 1.165) is 4.57 Å². The SMILES string of the molecule is Cc1cc(C(=O)OCC(=O)N2CCN(S(=O)(=O)c3ccccc3)CC2)c(C)n1CC(F)(F)F. The van der Waals surface area contributed by atoms with E-state index < -0.39 is 41.2 Å². The maximum Gasteiger partial charge on any atom is 0.406 e. The molecular weight excluding hydrogens is 463 g/mol. The van der Waals surface area contributed by atoms with Crippen LogP contribution in [0.5, 0.6) is 0 Å². The molecule has 0 bridgehead atoms. The number of halogens is 3. The number of amides is 1. The lowest BCUT2D eigenvalue weighted by molar-refractivity contribution is -0.141. The van der Waals surface area contributed by atoms with Crippen LogP contribution in [0.3, 0.4) is 0 Å². The highest BCUT2D eigenvalue weighted by Crippen LogP contribution is 2.23. The van der Waals surface area contributed by atoms with E-state index in [9.17, 15) is 31.2 Å². The van der Waals surface area contributed by atoms with Crippen LogP contribution in [0.25, 0.3) is 0 Å². The van der Waals surface area contributed by atoms with E-state index >= 15 is 0 Å². The number of carbonyl (C=O) groups is 2. The first-order chi connectivity index (χ1) is 15.4. The third kappa shape index (κ3) is 5.74. The highest BCUT2D eigenvalue weighted by molar-refractivity contribution is 7.89. The summed E-state index contributed by atoms with van der Waals surface area (Å²) in [4.78, 5) is 26.3. The number of ether oxygens (including phenoxy) is 1. The molecule has 1 amide bonds. The van der Waals surface area contributed by atoms with Crippen molar-refractivity contribution in [2.45, 2.75) is 31.5 Å². The number of piperazine rings is 1. The molecule has 180 valence electrons. The van der Waals surface area contributed by atoms with E-state index in [1.165, 1.54) is 41.3 Å². The van der Waals surface area contributed by atoms with Crippen LogP contribution in [-0.4, -0.2) is 73.0 Å². The Hall–Kier alpha value is -2.86. The Morgan fingerprint density at radius 3 is 2.21 bits per heavy atom. The molecule has 1 aliphatic heterocycles. The fourth-order valence-corrected chi connectivity index (χ4v) is 5.09. The topological polar surface area (TPSA) is 88.9 Å². The molecule has 1 aliphatic rings. The van der Waals surface area contributed by atoms with Gasteiger partial charge >= 0.3 is 12.1 Å². The molecule has 1 aromatic carbocycles. The number of aryl methyl sites for hydroxylation is 1. The third-order valence-corrected chi connectivity index (χ3v) is 7.34. The average molecular weight is 488 g/mol. The fraction of sp³-hybridized carbons (Fsp3) is 0.429. The van der Waals surface area contributed by atoms with Gasteiger partial charge in [-0.1, -0.05) is 18.2 Å². The molecule has 33 heavy (non-hydrogen) atoms. The van der Waals surface area contributed by atoms with Gasteiger partial charge in [0.25, 0.3) is 5.91 Å². The molecule has 8 nitrogen and oxygen atoms in total. The summed E-state index contributed by atoms with van der Waals surface area (Å²) in [6.45, 7) is 1.45. The number of hydrogen-bond donors (Lipinski definition) is 0. The van der Waals surface area contributed by atoms with Crippen LogP contribution in [0.4, 0.5) is 13.2 Å². The molecule has 12 heteroatoms. The van der Waals surface area contributed by atoms with E-state index in [1.807, 2.05) is 0 Å². The number of alkyl halides is 3. The summed E-state index contributed by atoms with van der Waals surface area (Å²) in [6.07, 6.45) is -4.44. The molecule has 1 saturated heterocycles. The van der Waals surface area contributed by atoms with Crippen LogP contribution < -0.4 is 0 Å². The lowest BCUT2D eigenvalue weighted by atomic mass is 10.2. The molecule has 0 spiro atoms. The summed E-state index contributed by atoms with van der Waals surface area (Å²) < 4.78 is 70.8. The van der Waals surface area contributed by atoms with Gasteiger partial charge < -0.3 is 14.2 Å². The minimum Gasteiger partial charge on any atom is -0.452 e. The van der Waals surface area contributed by atoms with Gasteiger partial charge in [-0.3, -0.25) is 4.79 Å². The number of rotatable bonds is 6. The molecule has 0 saturated carbocycles. The Bertz CT molecular complexity index is 1120. The summed E-state index contributed by atoms with van der Waals surface area (Å²) in [6, 6.07) is 9.26. The maximum absolute atomic E-state index is 12.7. The number of nitrogens with zero attached hydrogens (tertiary/aromatic N) is 3. The Morgan fingerprint density at radius 1 is 1.03 bits per heavy atom.